The minimum atomic E-state index is -0.452. The molecule has 0 aromatic carbocycles. The maximum Gasteiger partial charge on any atom is 0.335 e. The van der Waals surface area contributed by atoms with E-state index in [1.807, 2.05) is 13.0 Å². The summed E-state index contributed by atoms with van der Waals surface area (Å²) in [6.07, 6.45) is 3.62. The molecule has 0 aliphatic heterocycles. The standard InChI is InChI=1S/C16H22N2O4/c1-4-21-15(19)9-7-13(16(20)22-5-2)11-18-14-8-6-12(3)10-17-14/h6,8,10-11H,4-5,7,9H2,1-3H3,(H,17,18). The Balaban J connectivity index is 2.71. The quantitative estimate of drug-likeness (QED) is 0.587. The van der Waals surface area contributed by atoms with E-state index in [-0.39, 0.29) is 25.4 Å². The average molecular weight is 306 g/mol. The van der Waals surface area contributed by atoms with Crippen LogP contribution in [0.1, 0.15) is 32.3 Å². The monoisotopic (exact) mass is 306 g/mol. The Morgan fingerprint density at radius 1 is 1.18 bits per heavy atom. The Morgan fingerprint density at radius 3 is 2.50 bits per heavy atom. The smallest absolute Gasteiger partial charge is 0.335 e. The van der Waals surface area contributed by atoms with E-state index in [4.69, 9.17) is 9.47 Å². The molecule has 0 aliphatic rings. The molecule has 6 heteroatoms. The van der Waals surface area contributed by atoms with Crippen molar-refractivity contribution in [2.75, 3.05) is 18.5 Å². The number of esters is 2. The first kappa shape index (κ1) is 17.7. The Hall–Kier alpha value is -2.37. The third-order valence-corrected chi connectivity index (χ3v) is 2.75. The molecule has 0 saturated heterocycles. The fraction of sp³-hybridized carbons (Fsp3) is 0.438. The molecular formula is C16H22N2O4. The van der Waals surface area contributed by atoms with Gasteiger partial charge in [-0.15, -0.1) is 0 Å². The minimum absolute atomic E-state index is 0.126. The highest BCUT2D eigenvalue weighted by Gasteiger charge is 2.13. The van der Waals surface area contributed by atoms with Gasteiger partial charge in [-0.25, -0.2) is 9.78 Å². The number of hydrogen-bond donors (Lipinski definition) is 1. The summed E-state index contributed by atoms with van der Waals surface area (Å²) in [6, 6.07) is 3.71. The molecule has 0 aliphatic carbocycles. The van der Waals surface area contributed by atoms with E-state index in [1.54, 1.807) is 26.1 Å². The summed E-state index contributed by atoms with van der Waals surface area (Å²) in [5.74, 6) is -0.180. The van der Waals surface area contributed by atoms with Crippen LogP contribution in [0.5, 0.6) is 0 Å². The lowest BCUT2D eigenvalue weighted by atomic mass is 10.1. The molecule has 6 nitrogen and oxygen atoms in total. The van der Waals surface area contributed by atoms with Crippen molar-refractivity contribution in [3.8, 4) is 0 Å². The van der Waals surface area contributed by atoms with Gasteiger partial charge in [0.05, 0.1) is 18.8 Å². The number of carbonyl (C=O) groups is 2. The second-order valence-electron chi connectivity index (χ2n) is 4.56. The van der Waals surface area contributed by atoms with E-state index in [0.717, 1.165) is 5.56 Å². The molecule has 1 aromatic heterocycles. The zero-order chi connectivity index (χ0) is 16.4. The van der Waals surface area contributed by atoms with Gasteiger partial charge in [-0.2, -0.15) is 0 Å². The summed E-state index contributed by atoms with van der Waals surface area (Å²) in [5.41, 5.74) is 1.42. The van der Waals surface area contributed by atoms with Gasteiger partial charge in [-0.05, 0) is 38.8 Å². The molecule has 0 unspecified atom stereocenters. The molecule has 0 amide bonds. The van der Waals surface area contributed by atoms with E-state index in [0.29, 0.717) is 18.0 Å². The van der Waals surface area contributed by atoms with Gasteiger partial charge in [-0.1, -0.05) is 6.07 Å². The fourth-order valence-corrected chi connectivity index (χ4v) is 1.64. The average Bonchev–Trinajstić information content (AvgIpc) is 2.49. The van der Waals surface area contributed by atoms with Crippen LogP contribution >= 0.6 is 0 Å². The molecule has 0 radical (unpaired) electrons. The first-order chi connectivity index (χ1) is 10.6. The number of hydrogen-bond acceptors (Lipinski definition) is 6. The second kappa shape index (κ2) is 9.55. The lowest BCUT2D eigenvalue weighted by Gasteiger charge is -2.08. The van der Waals surface area contributed by atoms with Crippen molar-refractivity contribution >= 4 is 17.8 Å². The van der Waals surface area contributed by atoms with Gasteiger partial charge >= 0.3 is 11.9 Å². The van der Waals surface area contributed by atoms with Crippen molar-refractivity contribution in [2.45, 2.75) is 33.6 Å². The van der Waals surface area contributed by atoms with Crippen LogP contribution in [0.4, 0.5) is 5.82 Å². The van der Waals surface area contributed by atoms with Crippen LogP contribution in [0, 0.1) is 6.92 Å². The van der Waals surface area contributed by atoms with Crippen molar-refractivity contribution in [1.29, 1.82) is 0 Å². The number of aromatic nitrogens is 1. The van der Waals surface area contributed by atoms with E-state index >= 15 is 0 Å². The highest BCUT2D eigenvalue weighted by Crippen LogP contribution is 2.11. The Kier molecular flexibility index (Phi) is 7.67. The van der Waals surface area contributed by atoms with Gasteiger partial charge < -0.3 is 14.8 Å². The molecule has 0 bridgehead atoms. The molecule has 1 rings (SSSR count). The molecule has 0 saturated carbocycles. The van der Waals surface area contributed by atoms with Gasteiger partial charge in [0.25, 0.3) is 0 Å². The van der Waals surface area contributed by atoms with E-state index in [1.165, 1.54) is 6.20 Å². The Bertz CT molecular complexity index is 523. The molecule has 1 aromatic rings. The highest BCUT2D eigenvalue weighted by atomic mass is 16.5. The van der Waals surface area contributed by atoms with E-state index in [9.17, 15) is 9.59 Å². The molecule has 1 N–H and O–H groups in total. The molecule has 22 heavy (non-hydrogen) atoms. The van der Waals surface area contributed by atoms with E-state index < -0.39 is 5.97 Å². The van der Waals surface area contributed by atoms with Crippen LogP contribution in [0.3, 0.4) is 0 Å². The highest BCUT2D eigenvalue weighted by molar-refractivity contribution is 5.89. The number of carbonyl (C=O) groups excluding carboxylic acids is 2. The van der Waals surface area contributed by atoms with Crippen molar-refractivity contribution in [3.63, 3.8) is 0 Å². The number of pyridine rings is 1. The second-order valence-corrected chi connectivity index (χ2v) is 4.56. The number of nitrogens with one attached hydrogen (secondary N) is 1. The number of anilines is 1. The van der Waals surface area contributed by atoms with Gasteiger partial charge in [0, 0.05) is 18.8 Å². The third kappa shape index (κ3) is 6.39. The lowest BCUT2D eigenvalue weighted by Crippen LogP contribution is -2.12. The third-order valence-electron chi connectivity index (χ3n) is 2.75. The number of rotatable bonds is 8. The van der Waals surface area contributed by atoms with Crippen LogP contribution < -0.4 is 5.32 Å². The predicted octanol–water partition coefficient (Wildman–Crippen LogP) is 2.59. The van der Waals surface area contributed by atoms with Gasteiger partial charge in [0.15, 0.2) is 0 Å². The summed E-state index contributed by atoms with van der Waals surface area (Å²) in [5, 5.41) is 2.94. The summed E-state index contributed by atoms with van der Waals surface area (Å²) in [4.78, 5) is 27.5. The first-order valence-electron chi connectivity index (χ1n) is 7.27. The van der Waals surface area contributed by atoms with Crippen LogP contribution in [0.2, 0.25) is 0 Å². The van der Waals surface area contributed by atoms with Crippen LogP contribution in [-0.4, -0.2) is 30.1 Å². The number of nitrogens with zero attached hydrogens (tertiary/aromatic N) is 1. The molecule has 0 fully saturated rings. The maximum atomic E-state index is 11.9. The maximum absolute atomic E-state index is 11.9. The van der Waals surface area contributed by atoms with Gasteiger partial charge in [-0.3, -0.25) is 4.79 Å². The molecule has 120 valence electrons. The molecule has 0 atom stereocenters. The van der Waals surface area contributed by atoms with Crippen LogP contribution in [0.15, 0.2) is 30.1 Å². The number of ether oxygens (including phenoxy) is 2. The minimum Gasteiger partial charge on any atom is -0.466 e. The fourth-order valence-electron chi connectivity index (χ4n) is 1.64. The summed E-state index contributed by atoms with van der Waals surface area (Å²) >= 11 is 0. The zero-order valence-electron chi connectivity index (χ0n) is 13.2. The lowest BCUT2D eigenvalue weighted by molar-refractivity contribution is -0.143. The topological polar surface area (TPSA) is 77.5 Å². The first-order valence-corrected chi connectivity index (χ1v) is 7.27. The Morgan fingerprint density at radius 2 is 1.91 bits per heavy atom. The van der Waals surface area contributed by atoms with Crippen molar-refractivity contribution < 1.29 is 19.1 Å². The van der Waals surface area contributed by atoms with Crippen LogP contribution in [-0.2, 0) is 19.1 Å². The van der Waals surface area contributed by atoms with Crippen molar-refractivity contribution in [1.82, 2.24) is 4.98 Å². The predicted molar refractivity (Wildman–Crippen MR) is 83.2 cm³/mol. The van der Waals surface area contributed by atoms with Gasteiger partial charge in [0.2, 0.25) is 0 Å². The largest absolute Gasteiger partial charge is 0.466 e. The zero-order valence-corrected chi connectivity index (χ0v) is 13.2. The molecule has 1 heterocycles. The molecule has 0 spiro atoms. The van der Waals surface area contributed by atoms with Crippen LogP contribution in [0.25, 0.3) is 0 Å². The van der Waals surface area contributed by atoms with Gasteiger partial charge in [0.1, 0.15) is 5.82 Å². The SMILES string of the molecule is CCOC(=O)CCC(=CNc1ccc(C)cn1)C(=O)OCC. The Labute approximate surface area is 130 Å². The van der Waals surface area contributed by atoms with Crippen molar-refractivity contribution in [3.05, 3.63) is 35.7 Å². The normalized spacial score (nSPS) is 11.0. The number of aryl methyl sites for hydroxylation is 1. The molecular weight excluding hydrogens is 284 g/mol. The summed E-state index contributed by atoms with van der Waals surface area (Å²) in [6.45, 7) is 6.01. The summed E-state index contributed by atoms with van der Waals surface area (Å²) < 4.78 is 9.84. The van der Waals surface area contributed by atoms with E-state index in [2.05, 4.69) is 10.3 Å². The summed E-state index contributed by atoms with van der Waals surface area (Å²) in [7, 11) is 0. The van der Waals surface area contributed by atoms with Crippen molar-refractivity contribution in [2.24, 2.45) is 0 Å².